The predicted octanol–water partition coefficient (Wildman–Crippen LogP) is 5.47. The molecule has 1 aliphatic rings. The number of methoxy groups -OCH3 is 1. The lowest BCUT2D eigenvalue weighted by Gasteiger charge is -2.19. The van der Waals surface area contributed by atoms with Crippen molar-refractivity contribution in [3.8, 4) is 22.6 Å². The van der Waals surface area contributed by atoms with E-state index >= 15 is 0 Å². The summed E-state index contributed by atoms with van der Waals surface area (Å²) in [5.74, 6) is 1.63. The standard InChI is InChI=1S/C21H20ClNO2S/c1-24-20-12-16(15-4-2-5-18(22)11-15)10-17-13-23(7-8-25-21(17)20)14-19-6-3-9-26-19/h2-6,9-12H,7-8,13-14H2,1H3. The van der Waals surface area contributed by atoms with Gasteiger partial charge in [-0.1, -0.05) is 29.8 Å². The van der Waals surface area contributed by atoms with Crippen LogP contribution in [0.1, 0.15) is 10.4 Å². The average molecular weight is 386 g/mol. The number of nitrogens with zero attached hydrogens (tertiary/aromatic N) is 1. The van der Waals surface area contributed by atoms with Gasteiger partial charge in [-0.25, -0.2) is 0 Å². The van der Waals surface area contributed by atoms with Crippen molar-refractivity contribution in [2.75, 3.05) is 20.3 Å². The average Bonchev–Trinajstić information content (AvgIpc) is 3.06. The number of benzene rings is 2. The molecule has 0 unspecified atom stereocenters. The Bertz CT molecular complexity index is 895. The van der Waals surface area contributed by atoms with Crippen LogP contribution in [0.3, 0.4) is 0 Å². The summed E-state index contributed by atoms with van der Waals surface area (Å²) in [5, 5.41) is 2.85. The molecule has 0 radical (unpaired) electrons. The van der Waals surface area contributed by atoms with Crippen LogP contribution in [0.2, 0.25) is 5.02 Å². The molecule has 0 spiro atoms. The van der Waals surface area contributed by atoms with Crippen LogP contribution < -0.4 is 9.47 Å². The molecule has 0 saturated carbocycles. The smallest absolute Gasteiger partial charge is 0.165 e. The normalized spacial score (nSPS) is 14.4. The lowest BCUT2D eigenvalue weighted by Crippen LogP contribution is -2.24. The van der Waals surface area contributed by atoms with Crippen molar-refractivity contribution in [2.45, 2.75) is 13.1 Å². The fourth-order valence-electron chi connectivity index (χ4n) is 3.28. The summed E-state index contributed by atoms with van der Waals surface area (Å²) in [6.07, 6.45) is 0. The van der Waals surface area contributed by atoms with E-state index in [1.807, 2.05) is 24.3 Å². The third kappa shape index (κ3) is 3.73. The van der Waals surface area contributed by atoms with E-state index in [1.54, 1.807) is 18.4 Å². The molecule has 0 aliphatic carbocycles. The van der Waals surface area contributed by atoms with E-state index in [1.165, 1.54) is 4.88 Å². The van der Waals surface area contributed by atoms with Crippen molar-refractivity contribution in [1.82, 2.24) is 4.90 Å². The summed E-state index contributed by atoms with van der Waals surface area (Å²) >= 11 is 7.97. The maximum Gasteiger partial charge on any atom is 0.165 e. The van der Waals surface area contributed by atoms with Crippen molar-refractivity contribution in [3.05, 3.63) is 69.4 Å². The van der Waals surface area contributed by atoms with Crippen LogP contribution in [0.4, 0.5) is 0 Å². The van der Waals surface area contributed by atoms with E-state index in [-0.39, 0.29) is 0 Å². The summed E-state index contributed by atoms with van der Waals surface area (Å²) in [7, 11) is 1.69. The van der Waals surface area contributed by atoms with Gasteiger partial charge in [-0.2, -0.15) is 0 Å². The molecule has 1 aromatic heterocycles. The highest BCUT2D eigenvalue weighted by atomic mass is 35.5. The Morgan fingerprint density at radius 3 is 2.85 bits per heavy atom. The Hall–Kier alpha value is -2.01. The van der Waals surface area contributed by atoms with E-state index in [0.29, 0.717) is 6.61 Å². The molecule has 5 heteroatoms. The first-order valence-electron chi connectivity index (χ1n) is 8.57. The molecule has 0 fully saturated rings. The van der Waals surface area contributed by atoms with E-state index in [4.69, 9.17) is 21.1 Å². The number of rotatable bonds is 4. The van der Waals surface area contributed by atoms with Gasteiger partial charge >= 0.3 is 0 Å². The second-order valence-electron chi connectivity index (χ2n) is 6.32. The monoisotopic (exact) mass is 385 g/mol. The van der Waals surface area contributed by atoms with Crippen molar-refractivity contribution in [2.24, 2.45) is 0 Å². The lowest BCUT2D eigenvalue weighted by molar-refractivity contribution is 0.218. The Balaban J connectivity index is 1.70. The number of hydrogen-bond donors (Lipinski definition) is 0. The molecule has 3 nitrogen and oxygen atoms in total. The van der Waals surface area contributed by atoms with Crippen molar-refractivity contribution in [3.63, 3.8) is 0 Å². The summed E-state index contributed by atoms with van der Waals surface area (Å²) in [5.41, 5.74) is 3.31. The maximum atomic E-state index is 6.18. The summed E-state index contributed by atoms with van der Waals surface area (Å²) in [6.45, 7) is 3.32. The molecule has 0 saturated heterocycles. The fourth-order valence-corrected chi connectivity index (χ4v) is 4.22. The predicted molar refractivity (Wildman–Crippen MR) is 107 cm³/mol. The second kappa shape index (κ2) is 7.70. The number of hydrogen-bond acceptors (Lipinski definition) is 4. The van der Waals surface area contributed by atoms with E-state index in [9.17, 15) is 0 Å². The number of ether oxygens (including phenoxy) is 2. The molecule has 2 heterocycles. The van der Waals surface area contributed by atoms with Crippen LogP contribution in [0.25, 0.3) is 11.1 Å². The van der Waals surface area contributed by atoms with Gasteiger partial charge in [0.15, 0.2) is 11.5 Å². The van der Waals surface area contributed by atoms with Crippen LogP contribution >= 0.6 is 22.9 Å². The van der Waals surface area contributed by atoms with Gasteiger partial charge in [-0.15, -0.1) is 11.3 Å². The highest BCUT2D eigenvalue weighted by molar-refractivity contribution is 7.09. The lowest BCUT2D eigenvalue weighted by atomic mass is 10.0. The molecule has 1 aliphatic heterocycles. The van der Waals surface area contributed by atoms with E-state index in [2.05, 4.69) is 34.5 Å². The topological polar surface area (TPSA) is 21.7 Å². The Morgan fingerprint density at radius 1 is 1.15 bits per heavy atom. The molecule has 0 N–H and O–H groups in total. The number of halogens is 1. The van der Waals surface area contributed by atoms with Crippen molar-refractivity contribution < 1.29 is 9.47 Å². The van der Waals surface area contributed by atoms with Crippen LogP contribution in [0.15, 0.2) is 53.9 Å². The largest absolute Gasteiger partial charge is 0.493 e. The quantitative estimate of drug-likeness (QED) is 0.594. The minimum Gasteiger partial charge on any atom is -0.493 e. The summed E-state index contributed by atoms with van der Waals surface area (Å²) < 4.78 is 11.7. The van der Waals surface area contributed by atoms with Gasteiger partial charge in [0.05, 0.1) is 7.11 Å². The first-order chi connectivity index (χ1) is 12.7. The first-order valence-corrected chi connectivity index (χ1v) is 9.83. The van der Waals surface area contributed by atoms with Crippen LogP contribution in [-0.2, 0) is 13.1 Å². The molecule has 0 amide bonds. The van der Waals surface area contributed by atoms with Crippen molar-refractivity contribution >= 4 is 22.9 Å². The van der Waals surface area contributed by atoms with Gasteiger partial charge in [0.2, 0.25) is 0 Å². The molecule has 2 aromatic carbocycles. The van der Waals surface area contributed by atoms with Gasteiger partial charge in [0.25, 0.3) is 0 Å². The van der Waals surface area contributed by atoms with Gasteiger partial charge in [-0.05, 0) is 46.8 Å². The molecule has 0 atom stereocenters. The molecular formula is C21H20ClNO2S. The van der Waals surface area contributed by atoms with Crippen LogP contribution in [0, 0.1) is 0 Å². The molecule has 3 aromatic rings. The number of fused-ring (bicyclic) bond motifs is 1. The fraction of sp³-hybridized carbons (Fsp3) is 0.238. The maximum absolute atomic E-state index is 6.18. The van der Waals surface area contributed by atoms with Gasteiger partial charge in [-0.3, -0.25) is 4.90 Å². The Morgan fingerprint density at radius 2 is 2.08 bits per heavy atom. The highest BCUT2D eigenvalue weighted by Crippen LogP contribution is 2.39. The van der Waals surface area contributed by atoms with Gasteiger partial charge in [0, 0.05) is 35.1 Å². The Labute approximate surface area is 162 Å². The molecule has 134 valence electrons. The SMILES string of the molecule is COc1cc(-c2cccc(Cl)c2)cc2c1OCCN(Cc1cccs1)C2. The van der Waals surface area contributed by atoms with E-state index < -0.39 is 0 Å². The van der Waals surface area contributed by atoms with Crippen LogP contribution in [0.5, 0.6) is 11.5 Å². The number of thiophene rings is 1. The summed E-state index contributed by atoms with van der Waals surface area (Å²) in [6, 6.07) is 16.4. The van der Waals surface area contributed by atoms with E-state index in [0.717, 1.165) is 52.8 Å². The zero-order valence-corrected chi connectivity index (χ0v) is 16.1. The molecule has 0 bridgehead atoms. The second-order valence-corrected chi connectivity index (χ2v) is 7.78. The van der Waals surface area contributed by atoms with Crippen molar-refractivity contribution in [1.29, 1.82) is 0 Å². The van der Waals surface area contributed by atoms with Crippen LogP contribution in [-0.4, -0.2) is 25.2 Å². The minimum atomic E-state index is 0.658. The highest BCUT2D eigenvalue weighted by Gasteiger charge is 2.21. The van der Waals surface area contributed by atoms with Gasteiger partial charge < -0.3 is 9.47 Å². The molecule has 4 rings (SSSR count). The Kier molecular flexibility index (Phi) is 5.16. The minimum absolute atomic E-state index is 0.658. The first kappa shape index (κ1) is 17.4. The zero-order valence-electron chi connectivity index (χ0n) is 14.6. The summed E-state index contributed by atoms with van der Waals surface area (Å²) in [4.78, 5) is 3.78. The zero-order chi connectivity index (χ0) is 17.9. The molecular weight excluding hydrogens is 366 g/mol. The third-order valence-electron chi connectivity index (χ3n) is 4.52. The third-order valence-corrected chi connectivity index (χ3v) is 5.61. The van der Waals surface area contributed by atoms with Gasteiger partial charge in [0.1, 0.15) is 6.61 Å². The molecule has 26 heavy (non-hydrogen) atoms.